The lowest BCUT2D eigenvalue weighted by molar-refractivity contribution is -0.0108. The standard InChI is InChI=1S/C15H31NO3/c1-12(2)19-9-8-18-11-15(17)10-16-14-6-4-13(3)5-7-14/h12-17H,4-11H2,1-3H3. The van der Waals surface area contributed by atoms with E-state index < -0.39 is 6.10 Å². The van der Waals surface area contributed by atoms with Crippen molar-refractivity contribution in [1.82, 2.24) is 5.32 Å². The fraction of sp³-hybridized carbons (Fsp3) is 1.00. The molecule has 0 aromatic carbocycles. The second-order valence-electron chi connectivity index (χ2n) is 6.01. The third-order valence-corrected chi connectivity index (χ3v) is 3.65. The molecule has 114 valence electrons. The molecule has 0 amide bonds. The van der Waals surface area contributed by atoms with Crippen molar-refractivity contribution in [2.75, 3.05) is 26.4 Å². The molecular weight excluding hydrogens is 242 g/mol. The lowest BCUT2D eigenvalue weighted by Crippen LogP contribution is -2.39. The van der Waals surface area contributed by atoms with Gasteiger partial charge in [-0.3, -0.25) is 0 Å². The van der Waals surface area contributed by atoms with E-state index in [9.17, 15) is 5.11 Å². The molecule has 19 heavy (non-hydrogen) atoms. The number of hydrogen-bond donors (Lipinski definition) is 2. The number of ether oxygens (including phenoxy) is 2. The first-order chi connectivity index (χ1) is 9.08. The molecule has 0 saturated heterocycles. The van der Waals surface area contributed by atoms with Crippen LogP contribution in [0.25, 0.3) is 0 Å². The Morgan fingerprint density at radius 3 is 2.47 bits per heavy atom. The smallest absolute Gasteiger partial charge is 0.0897 e. The third-order valence-electron chi connectivity index (χ3n) is 3.65. The first kappa shape index (κ1) is 16.9. The second-order valence-corrected chi connectivity index (χ2v) is 6.01. The predicted octanol–water partition coefficient (Wildman–Crippen LogP) is 1.96. The number of hydrogen-bond acceptors (Lipinski definition) is 4. The van der Waals surface area contributed by atoms with Crippen LogP contribution in [0.2, 0.25) is 0 Å². The van der Waals surface area contributed by atoms with E-state index in [-0.39, 0.29) is 6.10 Å². The van der Waals surface area contributed by atoms with Crippen LogP contribution in [0.1, 0.15) is 46.5 Å². The van der Waals surface area contributed by atoms with Crippen molar-refractivity contribution in [2.45, 2.75) is 64.7 Å². The maximum atomic E-state index is 9.81. The Hall–Kier alpha value is -0.160. The highest BCUT2D eigenvalue weighted by molar-refractivity contribution is 4.76. The minimum Gasteiger partial charge on any atom is -0.389 e. The summed E-state index contributed by atoms with van der Waals surface area (Å²) in [7, 11) is 0. The lowest BCUT2D eigenvalue weighted by Gasteiger charge is -2.27. The van der Waals surface area contributed by atoms with Gasteiger partial charge >= 0.3 is 0 Å². The van der Waals surface area contributed by atoms with Crippen LogP contribution in [0.15, 0.2) is 0 Å². The van der Waals surface area contributed by atoms with Crippen molar-refractivity contribution in [3.63, 3.8) is 0 Å². The van der Waals surface area contributed by atoms with Crippen LogP contribution in [0.3, 0.4) is 0 Å². The molecule has 4 nitrogen and oxygen atoms in total. The highest BCUT2D eigenvalue weighted by atomic mass is 16.5. The minimum atomic E-state index is -0.418. The van der Waals surface area contributed by atoms with Crippen LogP contribution in [-0.2, 0) is 9.47 Å². The molecule has 0 aliphatic heterocycles. The van der Waals surface area contributed by atoms with E-state index >= 15 is 0 Å². The molecule has 0 aromatic heterocycles. The normalized spacial score (nSPS) is 25.7. The van der Waals surface area contributed by atoms with Crippen LogP contribution in [-0.4, -0.2) is 49.7 Å². The molecule has 1 aliphatic carbocycles. The third kappa shape index (κ3) is 8.58. The van der Waals surface area contributed by atoms with Crippen LogP contribution < -0.4 is 5.32 Å². The summed E-state index contributed by atoms with van der Waals surface area (Å²) in [5.41, 5.74) is 0. The first-order valence-electron chi connectivity index (χ1n) is 7.68. The highest BCUT2D eigenvalue weighted by Gasteiger charge is 2.18. The zero-order valence-electron chi connectivity index (χ0n) is 12.7. The highest BCUT2D eigenvalue weighted by Crippen LogP contribution is 2.23. The van der Waals surface area contributed by atoms with Crippen molar-refractivity contribution >= 4 is 0 Å². The Morgan fingerprint density at radius 2 is 1.84 bits per heavy atom. The van der Waals surface area contributed by atoms with Gasteiger partial charge < -0.3 is 19.9 Å². The average Bonchev–Trinajstić information content (AvgIpc) is 2.37. The first-order valence-corrected chi connectivity index (χ1v) is 7.68. The SMILES string of the molecule is CC1CCC(NCC(O)COCCOC(C)C)CC1. The van der Waals surface area contributed by atoms with Gasteiger partial charge in [-0.15, -0.1) is 0 Å². The van der Waals surface area contributed by atoms with Gasteiger partial charge in [0.15, 0.2) is 0 Å². The van der Waals surface area contributed by atoms with E-state index in [0.29, 0.717) is 32.4 Å². The zero-order valence-corrected chi connectivity index (χ0v) is 12.7. The topological polar surface area (TPSA) is 50.7 Å². The van der Waals surface area contributed by atoms with Gasteiger partial charge in [-0.05, 0) is 45.4 Å². The van der Waals surface area contributed by atoms with Crippen molar-refractivity contribution in [2.24, 2.45) is 5.92 Å². The number of aliphatic hydroxyl groups is 1. The Kier molecular flexibility index (Phi) is 8.62. The zero-order chi connectivity index (χ0) is 14.1. The Morgan fingerprint density at radius 1 is 1.16 bits per heavy atom. The number of rotatable bonds is 9. The molecule has 1 unspecified atom stereocenters. The van der Waals surface area contributed by atoms with E-state index in [0.717, 1.165) is 5.92 Å². The molecule has 0 bridgehead atoms. The van der Waals surface area contributed by atoms with Gasteiger partial charge in [-0.25, -0.2) is 0 Å². The molecule has 0 spiro atoms. The van der Waals surface area contributed by atoms with E-state index in [1.807, 2.05) is 13.8 Å². The predicted molar refractivity (Wildman–Crippen MR) is 77.3 cm³/mol. The van der Waals surface area contributed by atoms with Crippen molar-refractivity contribution in [3.8, 4) is 0 Å². The summed E-state index contributed by atoms with van der Waals surface area (Å²) in [4.78, 5) is 0. The van der Waals surface area contributed by atoms with Gasteiger partial charge in [0.2, 0.25) is 0 Å². The van der Waals surface area contributed by atoms with Crippen LogP contribution in [0.5, 0.6) is 0 Å². The fourth-order valence-corrected chi connectivity index (χ4v) is 2.39. The summed E-state index contributed by atoms with van der Waals surface area (Å²) in [5, 5.41) is 13.3. The van der Waals surface area contributed by atoms with Gasteiger partial charge in [0.25, 0.3) is 0 Å². The summed E-state index contributed by atoms with van der Waals surface area (Å²) in [6.45, 7) is 8.49. The molecule has 1 rings (SSSR count). The van der Waals surface area contributed by atoms with E-state index in [1.165, 1.54) is 25.7 Å². The van der Waals surface area contributed by atoms with Gasteiger partial charge in [-0.1, -0.05) is 6.92 Å². The van der Waals surface area contributed by atoms with Crippen molar-refractivity contribution < 1.29 is 14.6 Å². The Bertz CT molecular complexity index is 215. The fourth-order valence-electron chi connectivity index (χ4n) is 2.39. The van der Waals surface area contributed by atoms with E-state index in [1.54, 1.807) is 0 Å². The second kappa shape index (κ2) is 9.70. The number of aliphatic hydroxyl groups excluding tert-OH is 1. The monoisotopic (exact) mass is 273 g/mol. The molecule has 1 saturated carbocycles. The van der Waals surface area contributed by atoms with E-state index in [4.69, 9.17) is 9.47 Å². The lowest BCUT2D eigenvalue weighted by atomic mass is 9.87. The molecule has 0 radical (unpaired) electrons. The Labute approximate surface area is 117 Å². The number of nitrogens with one attached hydrogen (secondary N) is 1. The molecule has 1 aliphatic rings. The summed E-state index contributed by atoms with van der Waals surface area (Å²) in [6.07, 6.45) is 4.89. The average molecular weight is 273 g/mol. The minimum absolute atomic E-state index is 0.240. The molecule has 1 atom stereocenters. The Balaban J connectivity index is 1.94. The van der Waals surface area contributed by atoms with Crippen LogP contribution in [0, 0.1) is 5.92 Å². The van der Waals surface area contributed by atoms with Gasteiger partial charge in [0.1, 0.15) is 0 Å². The molecule has 2 N–H and O–H groups in total. The maximum absolute atomic E-state index is 9.81. The largest absolute Gasteiger partial charge is 0.389 e. The van der Waals surface area contributed by atoms with Gasteiger partial charge in [0, 0.05) is 12.6 Å². The van der Waals surface area contributed by atoms with Gasteiger partial charge in [-0.2, -0.15) is 0 Å². The van der Waals surface area contributed by atoms with E-state index in [2.05, 4.69) is 12.2 Å². The van der Waals surface area contributed by atoms with Crippen LogP contribution >= 0.6 is 0 Å². The van der Waals surface area contributed by atoms with Crippen LogP contribution in [0.4, 0.5) is 0 Å². The van der Waals surface area contributed by atoms with Gasteiger partial charge in [0.05, 0.1) is 32.0 Å². The van der Waals surface area contributed by atoms with Crippen molar-refractivity contribution in [3.05, 3.63) is 0 Å². The molecule has 1 fully saturated rings. The summed E-state index contributed by atoms with van der Waals surface area (Å²) >= 11 is 0. The summed E-state index contributed by atoms with van der Waals surface area (Å²) < 4.78 is 10.8. The summed E-state index contributed by atoms with van der Waals surface area (Å²) in [5.74, 6) is 0.868. The maximum Gasteiger partial charge on any atom is 0.0897 e. The summed E-state index contributed by atoms with van der Waals surface area (Å²) in [6, 6.07) is 0.579. The molecule has 4 heteroatoms. The van der Waals surface area contributed by atoms with Crippen molar-refractivity contribution in [1.29, 1.82) is 0 Å². The quantitative estimate of drug-likeness (QED) is 0.631. The molecule has 0 aromatic rings. The molecule has 0 heterocycles. The molecular formula is C15H31NO3.